The van der Waals surface area contributed by atoms with Crippen molar-refractivity contribution in [3.05, 3.63) is 59.7 Å². The lowest BCUT2D eigenvalue weighted by molar-refractivity contribution is 0.302. The second kappa shape index (κ2) is 8.61. The molecule has 4 nitrogen and oxygen atoms in total. The smallest absolute Gasteiger partial charge is 0.123 e. The fourth-order valence-electron chi connectivity index (χ4n) is 3.43. The fraction of sp³-hybridized carbons (Fsp3) is 0.400. The zero-order valence-electron chi connectivity index (χ0n) is 14.8. The number of ether oxygens (including phenoxy) is 1. The van der Waals surface area contributed by atoms with Gasteiger partial charge in [-0.3, -0.25) is 4.21 Å². The molecule has 1 aliphatic heterocycles. The summed E-state index contributed by atoms with van der Waals surface area (Å²) in [5.74, 6) is 0.835. The molecule has 2 N–H and O–H groups in total. The Hall–Kier alpha value is -1.69. The van der Waals surface area contributed by atoms with Crippen LogP contribution < -0.4 is 15.4 Å². The number of benzene rings is 2. The van der Waals surface area contributed by atoms with Crippen molar-refractivity contribution in [3.63, 3.8) is 0 Å². The van der Waals surface area contributed by atoms with Gasteiger partial charge in [-0.1, -0.05) is 30.3 Å². The molecule has 5 heteroatoms. The highest BCUT2D eigenvalue weighted by Gasteiger charge is 2.25. The molecule has 0 bridgehead atoms. The monoisotopic (exact) mass is 358 g/mol. The van der Waals surface area contributed by atoms with Gasteiger partial charge >= 0.3 is 0 Å². The van der Waals surface area contributed by atoms with E-state index in [4.69, 9.17) is 4.74 Å². The van der Waals surface area contributed by atoms with Crippen LogP contribution >= 0.6 is 0 Å². The SMILES string of the molecule is COc1ccc(S(C)=O)cc1CNC1CCCNC1c1ccccc1. The maximum atomic E-state index is 11.8. The molecule has 25 heavy (non-hydrogen) atoms. The molecule has 1 fully saturated rings. The third-order valence-corrected chi connectivity index (χ3v) is 5.67. The van der Waals surface area contributed by atoms with E-state index < -0.39 is 10.8 Å². The lowest BCUT2D eigenvalue weighted by atomic mass is 9.92. The molecule has 1 aliphatic rings. The van der Waals surface area contributed by atoms with Crippen molar-refractivity contribution < 1.29 is 8.95 Å². The Morgan fingerprint density at radius 3 is 2.76 bits per heavy atom. The molecule has 0 spiro atoms. The van der Waals surface area contributed by atoms with Gasteiger partial charge in [0.1, 0.15) is 5.75 Å². The summed E-state index contributed by atoms with van der Waals surface area (Å²) >= 11 is 0. The van der Waals surface area contributed by atoms with E-state index in [9.17, 15) is 4.21 Å². The highest BCUT2D eigenvalue weighted by Crippen LogP contribution is 2.26. The largest absolute Gasteiger partial charge is 0.496 e. The minimum Gasteiger partial charge on any atom is -0.496 e. The maximum Gasteiger partial charge on any atom is 0.123 e. The van der Waals surface area contributed by atoms with Gasteiger partial charge in [0, 0.05) is 46.1 Å². The van der Waals surface area contributed by atoms with Gasteiger partial charge in [0.15, 0.2) is 0 Å². The van der Waals surface area contributed by atoms with E-state index in [1.54, 1.807) is 13.4 Å². The summed E-state index contributed by atoms with van der Waals surface area (Å²) in [6, 6.07) is 17.0. The first-order chi connectivity index (χ1) is 12.2. The van der Waals surface area contributed by atoms with Gasteiger partial charge < -0.3 is 15.4 Å². The molecule has 1 saturated heterocycles. The van der Waals surface area contributed by atoms with Crippen LogP contribution in [0.1, 0.15) is 30.0 Å². The van der Waals surface area contributed by atoms with Crippen molar-refractivity contribution in [1.82, 2.24) is 10.6 Å². The van der Waals surface area contributed by atoms with Crippen LogP contribution in [0.4, 0.5) is 0 Å². The van der Waals surface area contributed by atoms with Crippen molar-refractivity contribution in [1.29, 1.82) is 0 Å². The van der Waals surface area contributed by atoms with Crippen molar-refractivity contribution in [2.24, 2.45) is 0 Å². The van der Waals surface area contributed by atoms with Crippen LogP contribution in [-0.4, -0.2) is 30.2 Å². The summed E-state index contributed by atoms with van der Waals surface area (Å²) in [6.07, 6.45) is 4.00. The molecule has 3 atom stereocenters. The van der Waals surface area contributed by atoms with Crippen molar-refractivity contribution in [2.45, 2.75) is 36.4 Å². The van der Waals surface area contributed by atoms with Gasteiger partial charge in [-0.15, -0.1) is 0 Å². The maximum absolute atomic E-state index is 11.8. The molecule has 0 saturated carbocycles. The third-order valence-electron chi connectivity index (χ3n) is 4.76. The average Bonchev–Trinajstić information content (AvgIpc) is 2.67. The minimum absolute atomic E-state index is 0.310. The Bertz CT molecular complexity index is 721. The standard InChI is InChI=1S/C20H26N2O2S/c1-24-19-11-10-17(25(2)23)13-16(19)14-22-18-9-6-12-21-20(18)15-7-4-3-5-8-15/h3-5,7-8,10-11,13,18,20-22H,6,9,12,14H2,1-2H3. The van der Waals surface area contributed by atoms with E-state index >= 15 is 0 Å². The van der Waals surface area contributed by atoms with Gasteiger partial charge in [-0.25, -0.2) is 0 Å². The number of rotatable bonds is 6. The Labute approximate surface area is 152 Å². The van der Waals surface area contributed by atoms with Crippen molar-refractivity contribution >= 4 is 10.8 Å². The fourth-order valence-corrected chi connectivity index (χ4v) is 4.00. The third kappa shape index (κ3) is 4.48. The van der Waals surface area contributed by atoms with Crippen molar-refractivity contribution in [3.8, 4) is 5.75 Å². The van der Waals surface area contributed by atoms with Gasteiger partial charge in [0.2, 0.25) is 0 Å². The summed E-state index contributed by atoms with van der Waals surface area (Å²) in [5.41, 5.74) is 2.36. The lowest BCUT2D eigenvalue weighted by Crippen LogP contribution is -2.45. The molecule has 0 aliphatic carbocycles. The average molecular weight is 359 g/mol. The Morgan fingerprint density at radius 2 is 2.04 bits per heavy atom. The van der Waals surface area contributed by atoms with E-state index in [1.165, 1.54) is 5.56 Å². The van der Waals surface area contributed by atoms with Gasteiger partial charge in [0.25, 0.3) is 0 Å². The highest BCUT2D eigenvalue weighted by atomic mass is 32.2. The van der Waals surface area contributed by atoms with Crippen LogP contribution in [0.25, 0.3) is 0 Å². The molecule has 2 aromatic carbocycles. The zero-order chi connectivity index (χ0) is 17.6. The van der Waals surface area contributed by atoms with Crippen LogP contribution in [-0.2, 0) is 17.3 Å². The summed E-state index contributed by atoms with van der Waals surface area (Å²) < 4.78 is 17.3. The topological polar surface area (TPSA) is 50.4 Å². The number of hydrogen-bond donors (Lipinski definition) is 2. The molecule has 134 valence electrons. The lowest BCUT2D eigenvalue weighted by Gasteiger charge is -2.34. The first kappa shape index (κ1) is 18.1. The van der Waals surface area contributed by atoms with Crippen LogP contribution in [0.5, 0.6) is 5.75 Å². The number of piperidine rings is 1. The Kier molecular flexibility index (Phi) is 6.24. The van der Waals surface area contributed by atoms with Crippen LogP contribution in [0, 0.1) is 0 Å². The summed E-state index contributed by atoms with van der Waals surface area (Å²) in [5, 5.41) is 7.32. The quantitative estimate of drug-likeness (QED) is 0.833. The van der Waals surface area contributed by atoms with Gasteiger partial charge in [-0.05, 0) is 43.1 Å². The molecule has 1 heterocycles. The molecule has 2 aromatic rings. The van der Waals surface area contributed by atoms with E-state index in [0.717, 1.165) is 35.6 Å². The predicted octanol–water partition coefficient (Wildman–Crippen LogP) is 3.02. The molecule has 0 amide bonds. The number of methoxy groups -OCH3 is 1. The molecular weight excluding hydrogens is 332 g/mol. The molecular formula is C20H26N2O2S. The number of hydrogen-bond acceptors (Lipinski definition) is 4. The van der Waals surface area contributed by atoms with Gasteiger partial charge in [-0.2, -0.15) is 0 Å². The minimum atomic E-state index is -0.990. The second-order valence-electron chi connectivity index (χ2n) is 6.40. The number of nitrogens with one attached hydrogen (secondary N) is 2. The van der Waals surface area contributed by atoms with Crippen LogP contribution in [0.15, 0.2) is 53.4 Å². The first-order valence-corrected chi connectivity index (χ1v) is 10.3. The summed E-state index contributed by atoms with van der Waals surface area (Å²) in [4.78, 5) is 0.832. The Morgan fingerprint density at radius 1 is 1.24 bits per heavy atom. The second-order valence-corrected chi connectivity index (χ2v) is 7.78. The molecule has 3 rings (SSSR count). The van der Waals surface area contributed by atoms with Crippen LogP contribution in [0.3, 0.4) is 0 Å². The van der Waals surface area contributed by atoms with Gasteiger partial charge in [0.05, 0.1) is 7.11 Å². The zero-order valence-corrected chi connectivity index (χ0v) is 15.6. The van der Waals surface area contributed by atoms with E-state index in [2.05, 4.69) is 41.0 Å². The molecule has 3 unspecified atom stereocenters. The van der Waals surface area contributed by atoms with E-state index in [1.807, 2.05) is 18.2 Å². The normalized spacial score (nSPS) is 21.7. The molecule has 0 aromatic heterocycles. The Balaban J connectivity index is 1.75. The predicted molar refractivity (Wildman–Crippen MR) is 102 cm³/mol. The highest BCUT2D eigenvalue weighted by molar-refractivity contribution is 7.84. The molecule has 0 radical (unpaired) electrons. The van der Waals surface area contributed by atoms with Crippen molar-refractivity contribution in [2.75, 3.05) is 19.9 Å². The first-order valence-electron chi connectivity index (χ1n) is 8.71. The van der Waals surface area contributed by atoms with E-state index in [-0.39, 0.29) is 0 Å². The summed E-state index contributed by atoms with van der Waals surface area (Å²) in [7, 11) is 0.687. The van der Waals surface area contributed by atoms with E-state index in [0.29, 0.717) is 18.6 Å². The summed E-state index contributed by atoms with van der Waals surface area (Å²) in [6.45, 7) is 1.75. The van der Waals surface area contributed by atoms with Crippen LogP contribution in [0.2, 0.25) is 0 Å².